The highest BCUT2D eigenvalue weighted by Crippen LogP contribution is 1.78. The van der Waals surface area contributed by atoms with E-state index in [2.05, 4.69) is 11.7 Å². The van der Waals surface area contributed by atoms with E-state index in [-0.39, 0.29) is 0 Å². The van der Waals surface area contributed by atoms with Crippen molar-refractivity contribution in [3.8, 4) is 0 Å². The summed E-state index contributed by atoms with van der Waals surface area (Å²) in [5.74, 6) is 0. The molecule has 2 heteroatoms. The van der Waals surface area contributed by atoms with E-state index in [9.17, 15) is 0 Å². The maximum absolute atomic E-state index is 8.29. The Morgan fingerprint density at radius 2 is 2.50 bits per heavy atom. The van der Waals surface area contributed by atoms with Crippen LogP contribution in [0, 0.1) is 6.92 Å². The molecule has 0 heterocycles. The molecule has 2 nitrogen and oxygen atoms in total. The predicted molar refractivity (Wildman–Crippen MR) is 23.0 cm³/mol. The van der Waals surface area contributed by atoms with Crippen LogP contribution in [0.4, 0.5) is 0 Å². The normalized spacial score (nSPS) is 14.5. The number of aliphatic hydroxyl groups excluding tert-OH is 1. The minimum Gasteiger partial charge on any atom is -0.368 e. The summed E-state index contributed by atoms with van der Waals surface area (Å²) in [5.41, 5.74) is 0. The second-order valence-corrected chi connectivity index (χ2v) is 0.970. The van der Waals surface area contributed by atoms with Crippen molar-refractivity contribution in [2.45, 2.75) is 13.2 Å². The highest BCUT2D eigenvalue weighted by atomic mass is 16.6. The molecule has 0 aliphatic rings. The van der Waals surface area contributed by atoms with E-state index in [1.54, 1.807) is 6.92 Å². The van der Waals surface area contributed by atoms with E-state index in [1.807, 2.05) is 0 Å². The van der Waals surface area contributed by atoms with Crippen molar-refractivity contribution < 1.29 is 9.84 Å². The van der Waals surface area contributed by atoms with Gasteiger partial charge in [0.1, 0.15) is 0 Å². The zero-order chi connectivity index (χ0) is 4.99. The van der Waals surface area contributed by atoms with Gasteiger partial charge in [0, 0.05) is 6.61 Å². The Hall–Kier alpha value is -0.0800. The predicted octanol–water partition coefficient (Wildman–Crippen LogP) is 0.175. The van der Waals surface area contributed by atoms with Crippen molar-refractivity contribution >= 4 is 0 Å². The zero-order valence-electron chi connectivity index (χ0n) is 3.85. The lowest BCUT2D eigenvalue weighted by Gasteiger charge is -1.99. The van der Waals surface area contributed by atoms with E-state index in [4.69, 9.17) is 5.11 Å². The molecule has 0 aromatic carbocycles. The van der Waals surface area contributed by atoms with Crippen LogP contribution in [-0.4, -0.2) is 18.0 Å². The van der Waals surface area contributed by atoms with Crippen molar-refractivity contribution in [1.82, 2.24) is 0 Å². The van der Waals surface area contributed by atoms with Crippen LogP contribution in [0.15, 0.2) is 0 Å². The second-order valence-electron chi connectivity index (χ2n) is 0.970. The van der Waals surface area contributed by atoms with Crippen molar-refractivity contribution in [3.05, 3.63) is 6.92 Å². The standard InChI is InChI=1S/C4H9O2/c1-3-6-4(2)5/h4-5H,1,3H2,2H3. The fraction of sp³-hybridized carbons (Fsp3) is 0.750. The first-order valence-electron chi connectivity index (χ1n) is 1.86. The molecule has 0 aliphatic heterocycles. The van der Waals surface area contributed by atoms with Gasteiger partial charge in [-0.3, -0.25) is 0 Å². The van der Waals surface area contributed by atoms with E-state index < -0.39 is 6.29 Å². The Kier molecular flexibility index (Phi) is 3.08. The van der Waals surface area contributed by atoms with Crippen LogP contribution in [0.2, 0.25) is 0 Å². The Labute approximate surface area is 37.7 Å². The molecule has 1 unspecified atom stereocenters. The van der Waals surface area contributed by atoms with Crippen LogP contribution in [-0.2, 0) is 4.74 Å². The Bertz CT molecular complexity index is 26.7. The molecular weight excluding hydrogens is 80.0 g/mol. The van der Waals surface area contributed by atoms with Crippen molar-refractivity contribution in [3.63, 3.8) is 0 Å². The second kappa shape index (κ2) is 3.12. The van der Waals surface area contributed by atoms with Gasteiger partial charge in [-0.05, 0) is 13.8 Å². The maximum atomic E-state index is 8.29. The van der Waals surface area contributed by atoms with Crippen LogP contribution in [0.1, 0.15) is 6.92 Å². The third-order valence-corrected chi connectivity index (χ3v) is 0.359. The molecule has 37 valence electrons. The molecule has 0 saturated carbocycles. The molecule has 0 aliphatic carbocycles. The van der Waals surface area contributed by atoms with Gasteiger partial charge in [-0.1, -0.05) is 0 Å². The van der Waals surface area contributed by atoms with E-state index in [0.29, 0.717) is 6.61 Å². The van der Waals surface area contributed by atoms with E-state index in [1.165, 1.54) is 0 Å². The molecule has 6 heavy (non-hydrogen) atoms. The summed E-state index contributed by atoms with van der Waals surface area (Å²) in [7, 11) is 0. The van der Waals surface area contributed by atoms with Gasteiger partial charge in [-0.15, -0.1) is 0 Å². The molecule has 0 amide bonds. The first kappa shape index (κ1) is 5.92. The average Bonchev–Trinajstić information content (AvgIpc) is 1.35. The molecule has 0 saturated heterocycles. The fourth-order valence-corrected chi connectivity index (χ4v) is 0.171. The van der Waals surface area contributed by atoms with Crippen LogP contribution >= 0.6 is 0 Å². The van der Waals surface area contributed by atoms with Crippen LogP contribution in [0.25, 0.3) is 0 Å². The lowest BCUT2D eigenvalue weighted by Crippen LogP contribution is -2.04. The molecule has 1 atom stereocenters. The molecular formula is C4H9O2. The van der Waals surface area contributed by atoms with Crippen LogP contribution in [0.5, 0.6) is 0 Å². The van der Waals surface area contributed by atoms with Gasteiger partial charge in [0.2, 0.25) is 0 Å². The minimum absolute atomic E-state index is 0.331. The largest absolute Gasteiger partial charge is 0.368 e. The van der Waals surface area contributed by atoms with Crippen molar-refractivity contribution in [2.24, 2.45) is 0 Å². The molecule has 0 spiro atoms. The molecule has 0 rings (SSSR count). The lowest BCUT2D eigenvalue weighted by atomic mass is 10.7. The maximum Gasteiger partial charge on any atom is 0.151 e. The van der Waals surface area contributed by atoms with Crippen LogP contribution < -0.4 is 0 Å². The molecule has 0 aromatic rings. The highest BCUT2D eigenvalue weighted by molar-refractivity contribution is 4.28. The fourth-order valence-electron chi connectivity index (χ4n) is 0.171. The van der Waals surface area contributed by atoms with Crippen LogP contribution in [0.3, 0.4) is 0 Å². The summed E-state index contributed by atoms with van der Waals surface area (Å²) in [6, 6.07) is 0. The molecule has 0 bridgehead atoms. The summed E-state index contributed by atoms with van der Waals surface area (Å²) in [6.45, 7) is 5.22. The summed E-state index contributed by atoms with van der Waals surface area (Å²) in [5, 5.41) is 8.29. The van der Waals surface area contributed by atoms with Crippen molar-refractivity contribution in [1.29, 1.82) is 0 Å². The third-order valence-electron chi connectivity index (χ3n) is 0.359. The number of ether oxygens (including phenoxy) is 1. The number of aliphatic hydroxyl groups is 1. The van der Waals surface area contributed by atoms with Gasteiger partial charge in [0.15, 0.2) is 6.29 Å². The lowest BCUT2D eigenvalue weighted by molar-refractivity contribution is -0.0746. The van der Waals surface area contributed by atoms with Gasteiger partial charge in [-0.25, -0.2) is 0 Å². The monoisotopic (exact) mass is 89.1 g/mol. The van der Waals surface area contributed by atoms with E-state index in [0.717, 1.165) is 0 Å². The quantitative estimate of drug-likeness (QED) is 0.489. The summed E-state index contributed by atoms with van der Waals surface area (Å²) < 4.78 is 4.49. The SMILES string of the molecule is [CH2]COC(C)O. The average molecular weight is 89.1 g/mol. The zero-order valence-corrected chi connectivity index (χ0v) is 3.85. The molecule has 0 fully saturated rings. The molecule has 0 aromatic heterocycles. The topological polar surface area (TPSA) is 29.5 Å². The summed E-state index contributed by atoms with van der Waals surface area (Å²) in [6.07, 6.45) is -0.664. The Balaban J connectivity index is 2.63. The first-order chi connectivity index (χ1) is 2.77. The van der Waals surface area contributed by atoms with Gasteiger partial charge in [0.05, 0.1) is 0 Å². The first-order valence-corrected chi connectivity index (χ1v) is 1.86. The van der Waals surface area contributed by atoms with Crippen molar-refractivity contribution in [2.75, 3.05) is 6.61 Å². The number of hydrogen-bond acceptors (Lipinski definition) is 2. The molecule has 1 radical (unpaired) electrons. The third kappa shape index (κ3) is 3.92. The summed E-state index contributed by atoms with van der Waals surface area (Å²) in [4.78, 5) is 0. The number of hydrogen-bond donors (Lipinski definition) is 1. The van der Waals surface area contributed by atoms with Gasteiger partial charge in [-0.2, -0.15) is 0 Å². The Morgan fingerprint density at radius 1 is 2.00 bits per heavy atom. The summed E-state index contributed by atoms with van der Waals surface area (Å²) >= 11 is 0. The van der Waals surface area contributed by atoms with Gasteiger partial charge in [0.25, 0.3) is 0 Å². The highest BCUT2D eigenvalue weighted by Gasteiger charge is 1.85. The molecule has 1 N–H and O–H groups in total. The number of rotatable bonds is 2. The van der Waals surface area contributed by atoms with E-state index >= 15 is 0 Å². The minimum atomic E-state index is -0.664. The smallest absolute Gasteiger partial charge is 0.151 e. The van der Waals surface area contributed by atoms with Gasteiger partial charge >= 0.3 is 0 Å². The van der Waals surface area contributed by atoms with Gasteiger partial charge < -0.3 is 9.84 Å². The Morgan fingerprint density at radius 3 is 2.50 bits per heavy atom.